The second kappa shape index (κ2) is 4.57. The summed E-state index contributed by atoms with van der Waals surface area (Å²) < 4.78 is 0. The quantitative estimate of drug-likeness (QED) is 0.769. The predicted octanol–water partition coefficient (Wildman–Crippen LogP) is 1.47. The summed E-state index contributed by atoms with van der Waals surface area (Å²) in [6, 6.07) is 2.94. The predicted molar refractivity (Wildman–Crippen MR) is 60.6 cm³/mol. The standard InChI is InChI=1S/C11H18N4/c1-8-6-11(15-13-7-8)14-10-4-2-9(12)3-5-10/h6-7,9-10H,2-5,12H2,1H3,(H,14,15). The van der Waals surface area contributed by atoms with Gasteiger partial charge in [0.25, 0.3) is 0 Å². The van der Waals surface area contributed by atoms with Crippen LogP contribution in [0, 0.1) is 6.92 Å². The Morgan fingerprint density at radius 1 is 1.33 bits per heavy atom. The molecule has 4 nitrogen and oxygen atoms in total. The van der Waals surface area contributed by atoms with Gasteiger partial charge in [-0.15, -0.1) is 5.10 Å². The summed E-state index contributed by atoms with van der Waals surface area (Å²) in [5.41, 5.74) is 7.00. The zero-order valence-corrected chi connectivity index (χ0v) is 9.11. The Hall–Kier alpha value is -1.16. The van der Waals surface area contributed by atoms with Gasteiger partial charge in [0.2, 0.25) is 0 Å². The molecule has 1 aromatic heterocycles. The maximum absolute atomic E-state index is 5.86. The smallest absolute Gasteiger partial charge is 0.149 e. The van der Waals surface area contributed by atoms with E-state index >= 15 is 0 Å². The van der Waals surface area contributed by atoms with E-state index in [0.29, 0.717) is 12.1 Å². The van der Waals surface area contributed by atoms with Crippen molar-refractivity contribution >= 4 is 5.82 Å². The van der Waals surface area contributed by atoms with Crippen LogP contribution in [0.15, 0.2) is 12.3 Å². The third kappa shape index (κ3) is 2.89. The second-order valence-electron chi connectivity index (χ2n) is 4.37. The monoisotopic (exact) mass is 206 g/mol. The van der Waals surface area contributed by atoms with Gasteiger partial charge in [-0.2, -0.15) is 5.10 Å². The molecule has 82 valence electrons. The molecule has 0 radical (unpaired) electrons. The zero-order valence-electron chi connectivity index (χ0n) is 9.11. The lowest BCUT2D eigenvalue weighted by atomic mass is 9.92. The van der Waals surface area contributed by atoms with Gasteiger partial charge in [0.05, 0.1) is 6.20 Å². The van der Waals surface area contributed by atoms with Gasteiger partial charge in [-0.05, 0) is 44.2 Å². The van der Waals surface area contributed by atoms with Crippen LogP contribution in [-0.4, -0.2) is 22.3 Å². The average Bonchev–Trinajstić information content (AvgIpc) is 2.22. The van der Waals surface area contributed by atoms with Crippen LogP contribution in [0.3, 0.4) is 0 Å². The highest BCUT2D eigenvalue weighted by molar-refractivity contribution is 5.36. The number of hydrogen-bond donors (Lipinski definition) is 2. The van der Waals surface area contributed by atoms with Crippen LogP contribution >= 0.6 is 0 Å². The SMILES string of the molecule is Cc1cnnc(NC2CCC(N)CC2)c1. The van der Waals surface area contributed by atoms with Crippen molar-refractivity contribution < 1.29 is 0 Å². The molecule has 0 unspecified atom stereocenters. The minimum Gasteiger partial charge on any atom is -0.366 e. The Labute approximate surface area is 90.3 Å². The van der Waals surface area contributed by atoms with Gasteiger partial charge in [-0.25, -0.2) is 0 Å². The minimum absolute atomic E-state index is 0.395. The third-order valence-corrected chi connectivity index (χ3v) is 2.92. The van der Waals surface area contributed by atoms with Crippen LogP contribution in [0.2, 0.25) is 0 Å². The molecule has 15 heavy (non-hydrogen) atoms. The first-order valence-corrected chi connectivity index (χ1v) is 5.55. The van der Waals surface area contributed by atoms with E-state index < -0.39 is 0 Å². The molecule has 0 aromatic carbocycles. The Morgan fingerprint density at radius 2 is 2.07 bits per heavy atom. The zero-order chi connectivity index (χ0) is 10.7. The summed E-state index contributed by atoms with van der Waals surface area (Å²) in [5.74, 6) is 0.885. The lowest BCUT2D eigenvalue weighted by Crippen LogP contribution is -2.33. The molecule has 0 atom stereocenters. The van der Waals surface area contributed by atoms with Gasteiger partial charge in [0, 0.05) is 12.1 Å². The van der Waals surface area contributed by atoms with E-state index in [2.05, 4.69) is 15.5 Å². The highest BCUT2D eigenvalue weighted by Gasteiger charge is 2.18. The largest absolute Gasteiger partial charge is 0.366 e. The Kier molecular flexibility index (Phi) is 3.16. The summed E-state index contributed by atoms with van der Waals surface area (Å²) in [4.78, 5) is 0. The van der Waals surface area contributed by atoms with E-state index in [1.165, 1.54) is 0 Å². The molecule has 0 aliphatic heterocycles. The molecule has 1 aliphatic carbocycles. The highest BCUT2D eigenvalue weighted by atomic mass is 15.2. The van der Waals surface area contributed by atoms with E-state index in [9.17, 15) is 0 Å². The van der Waals surface area contributed by atoms with Crippen LogP contribution in [0.4, 0.5) is 5.82 Å². The fraction of sp³-hybridized carbons (Fsp3) is 0.636. The molecular weight excluding hydrogens is 188 g/mol. The van der Waals surface area contributed by atoms with Gasteiger partial charge in [0.1, 0.15) is 5.82 Å². The third-order valence-electron chi connectivity index (χ3n) is 2.92. The highest BCUT2D eigenvalue weighted by Crippen LogP contribution is 2.20. The van der Waals surface area contributed by atoms with Crippen molar-refractivity contribution in [3.63, 3.8) is 0 Å². The molecule has 3 N–H and O–H groups in total. The molecule has 1 heterocycles. The number of nitrogens with one attached hydrogen (secondary N) is 1. The maximum atomic E-state index is 5.86. The summed E-state index contributed by atoms with van der Waals surface area (Å²) in [7, 11) is 0. The average molecular weight is 206 g/mol. The van der Waals surface area contributed by atoms with E-state index in [0.717, 1.165) is 37.1 Å². The molecular formula is C11H18N4. The number of hydrogen-bond acceptors (Lipinski definition) is 4. The fourth-order valence-electron chi connectivity index (χ4n) is 2.01. The topological polar surface area (TPSA) is 63.8 Å². The lowest BCUT2D eigenvalue weighted by Gasteiger charge is -2.27. The number of nitrogens with zero attached hydrogens (tertiary/aromatic N) is 2. The van der Waals surface area contributed by atoms with Gasteiger partial charge in [-0.3, -0.25) is 0 Å². The molecule has 1 aromatic rings. The normalized spacial score (nSPS) is 26.3. The molecule has 0 bridgehead atoms. The van der Waals surface area contributed by atoms with Crippen molar-refractivity contribution in [1.82, 2.24) is 10.2 Å². The van der Waals surface area contributed by atoms with E-state index in [-0.39, 0.29) is 0 Å². The Bertz CT molecular complexity index is 318. The van der Waals surface area contributed by atoms with Gasteiger partial charge in [-0.1, -0.05) is 0 Å². The van der Waals surface area contributed by atoms with E-state index in [1.54, 1.807) is 6.20 Å². The van der Waals surface area contributed by atoms with E-state index in [4.69, 9.17) is 5.73 Å². The summed E-state index contributed by atoms with van der Waals surface area (Å²) >= 11 is 0. The van der Waals surface area contributed by atoms with Crippen molar-refractivity contribution in [2.45, 2.75) is 44.7 Å². The fourth-order valence-corrected chi connectivity index (χ4v) is 2.01. The Morgan fingerprint density at radius 3 is 2.73 bits per heavy atom. The van der Waals surface area contributed by atoms with E-state index in [1.807, 2.05) is 13.0 Å². The van der Waals surface area contributed by atoms with Crippen LogP contribution < -0.4 is 11.1 Å². The first-order chi connectivity index (χ1) is 7.24. The molecule has 1 fully saturated rings. The van der Waals surface area contributed by atoms with Crippen molar-refractivity contribution in [2.75, 3.05) is 5.32 Å². The van der Waals surface area contributed by atoms with Crippen molar-refractivity contribution in [3.05, 3.63) is 17.8 Å². The molecule has 1 saturated carbocycles. The van der Waals surface area contributed by atoms with Gasteiger partial charge >= 0.3 is 0 Å². The number of aromatic nitrogens is 2. The Balaban J connectivity index is 1.92. The molecule has 2 rings (SSSR count). The maximum Gasteiger partial charge on any atom is 0.149 e. The van der Waals surface area contributed by atoms with Crippen LogP contribution in [0.25, 0.3) is 0 Å². The minimum atomic E-state index is 0.395. The van der Waals surface area contributed by atoms with Crippen LogP contribution in [-0.2, 0) is 0 Å². The molecule has 1 aliphatic rings. The van der Waals surface area contributed by atoms with Crippen molar-refractivity contribution in [3.8, 4) is 0 Å². The van der Waals surface area contributed by atoms with Crippen molar-refractivity contribution in [1.29, 1.82) is 0 Å². The number of rotatable bonds is 2. The lowest BCUT2D eigenvalue weighted by molar-refractivity contribution is 0.410. The molecule has 4 heteroatoms. The summed E-state index contributed by atoms with van der Waals surface area (Å²) in [6.45, 7) is 2.02. The molecule has 0 saturated heterocycles. The summed E-state index contributed by atoms with van der Waals surface area (Å²) in [6.07, 6.45) is 6.25. The van der Waals surface area contributed by atoms with Gasteiger partial charge < -0.3 is 11.1 Å². The number of aryl methyl sites for hydroxylation is 1. The van der Waals surface area contributed by atoms with Crippen LogP contribution in [0.5, 0.6) is 0 Å². The second-order valence-corrected chi connectivity index (χ2v) is 4.37. The summed E-state index contributed by atoms with van der Waals surface area (Å²) in [5, 5.41) is 11.4. The first-order valence-electron chi connectivity index (χ1n) is 5.55. The molecule has 0 spiro atoms. The first kappa shape index (κ1) is 10.4. The van der Waals surface area contributed by atoms with Crippen LogP contribution in [0.1, 0.15) is 31.2 Å². The number of anilines is 1. The molecule has 0 amide bonds. The van der Waals surface area contributed by atoms with Gasteiger partial charge in [0.15, 0.2) is 0 Å². The number of nitrogens with two attached hydrogens (primary N) is 1. The van der Waals surface area contributed by atoms with Crippen molar-refractivity contribution in [2.24, 2.45) is 5.73 Å².